The number of halogens is 2. The number of hydrogen-bond acceptors (Lipinski definition) is 4. The summed E-state index contributed by atoms with van der Waals surface area (Å²) in [5.41, 5.74) is 5.06. The van der Waals surface area contributed by atoms with Crippen molar-refractivity contribution in [2.24, 2.45) is 7.05 Å². The lowest BCUT2D eigenvalue weighted by Crippen LogP contribution is -2.26. The van der Waals surface area contributed by atoms with E-state index in [9.17, 15) is 8.78 Å². The molecule has 1 fully saturated rings. The number of benzene rings is 2. The Morgan fingerprint density at radius 1 is 1.16 bits per heavy atom. The van der Waals surface area contributed by atoms with E-state index in [-0.39, 0.29) is 0 Å². The molecule has 2 aromatic carbocycles. The third kappa shape index (κ3) is 3.90. The SMILES string of the molecule is CCNC(c1ccc(-c2nc(Cc3ccc4[nH]ncc4c3C3CC3)n(C)n2)cc1)C(F)F. The van der Waals surface area contributed by atoms with Crippen molar-refractivity contribution >= 4 is 10.9 Å². The monoisotopic (exact) mass is 436 g/mol. The molecule has 1 unspecified atom stereocenters. The number of nitrogens with zero attached hydrogens (tertiary/aromatic N) is 4. The first-order valence-electron chi connectivity index (χ1n) is 11.0. The molecular weight excluding hydrogens is 410 g/mol. The lowest BCUT2D eigenvalue weighted by molar-refractivity contribution is 0.0993. The van der Waals surface area contributed by atoms with Crippen LogP contribution in [0.4, 0.5) is 8.78 Å². The summed E-state index contributed by atoms with van der Waals surface area (Å²) in [5, 5.41) is 15.9. The molecule has 1 atom stereocenters. The maximum Gasteiger partial charge on any atom is 0.257 e. The van der Waals surface area contributed by atoms with E-state index >= 15 is 0 Å². The molecule has 4 aromatic rings. The molecule has 1 saturated carbocycles. The van der Waals surface area contributed by atoms with E-state index in [1.807, 2.05) is 32.3 Å². The van der Waals surface area contributed by atoms with Gasteiger partial charge in [0.15, 0.2) is 5.82 Å². The van der Waals surface area contributed by atoms with Crippen molar-refractivity contribution in [3.8, 4) is 11.4 Å². The largest absolute Gasteiger partial charge is 0.306 e. The Kier molecular flexibility index (Phi) is 5.46. The molecule has 2 aromatic heterocycles. The molecule has 32 heavy (non-hydrogen) atoms. The van der Waals surface area contributed by atoms with Crippen molar-refractivity contribution in [1.29, 1.82) is 0 Å². The first-order chi connectivity index (χ1) is 15.5. The molecule has 0 bridgehead atoms. The summed E-state index contributed by atoms with van der Waals surface area (Å²) in [5.74, 6) is 2.06. The van der Waals surface area contributed by atoms with E-state index < -0.39 is 12.5 Å². The topological polar surface area (TPSA) is 71.4 Å². The number of alkyl halides is 2. The number of aromatic nitrogens is 5. The van der Waals surface area contributed by atoms with Crippen LogP contribution in [0.1, 0.15) is 54.2 Å². The normalized spacial score (nSPS) is 15.0. The summed E-state index contributed by atoms with van der Waals surface area (Å²) < 4.78 is 28.5. The Morgan fingerprint density at radius 2 is 1.94 bits per heavy atom. The average Bonchev–Trinajstić information content (AvgIpc) is 3.39. The van der Waals surface area contributed by atoms with Gasteiger partial charge >= 0.3 is 0 Å². The van der Waals surface area contributed by atoms with Crippen LogP contribution in [-0.4, -0.2) is 37.9 Å². The highest BCUT2D eigenvalue weighted by Crippen LogP contribution is 2.45. The molecule has 0 radical (unpaired) electrons. The summed E-state index contributed by atoms with van der Waals surface area (Å²) in [6.07, 6.45) is 2.55. The van der Waals surface area contributed by atoms with E-state index in [0.29, 0.717) is 30.3 Å². The number of aryl methyl sites for hydroxylation is 1. The summed E-state index contributed by atoms with van der Waals surface area (Å²) in [6, 6.07) is 10.3. The molecule has 166 valence electrons. The first-order valence-corrected chi connectivity index (χ1v) is 11.0. The van der Waals surface area contributed by atoms with Crippen molar-refractivity contribution in [1.82, 2.24) is 30.3 Å². The van der Waals surface area contributed by atoms with Gasteiger partial charge in [-0.25, -0.2) is 13.8 Å². The fourth-order valence-electron chi connectivity index (χ4n) is 4.37. The molecule has 0 saturated heterocycles. The lowest BCUT2D eigenvalue weighted by atomic mass is 9.96. The highest BCUT2D eigenvalue weighted by molar-refractivity contribution is 5.84. The number of aromatic amines is 1. The van der Waals surface area contributed by atoms with Gasteiger partial charge in [0, 0.05) is 24.4 Å². The third-order valence-corrected chi connectivity index (χ3v) is 6.15. The van der Waals surface area contributed by atoms with Gasteiger partial charge < -0.3 is 5.32 Å². The highest BCUT2D eigenvalue weighted by Gasteiger charge is 2.29. The van der Waals surface area contributed by atoms with Gasteiger partial charge in [-0.15, -0.1) is 0 Å². The van der Waals surface area contributed by atoms with Crippen LogP contribution in [0.25, 0.3) is 22.3 Å². The van der Waals surface area contributed by atoms with Crippen LogP contribution in [-0.2, 0) is 13.5 Å². The number of rotatable bonds is 8. The van der Waals surface area contributed by atoms with E-state index in [0.717, 1.165) is 16.9 Å². The Morgan fingerprint density at radius 3 is 2.62 bits per heavy atom. The standard InChI is InChI=1S/C24H26F2N6/c1-3-27-22(23(25)26)15-6-8-16(9-7-15)24-29-20(32(2)31-24)12-17-10-11-19-18(13-28-30-19)21(17)14-4-5-14/h6-11,13-14,22-23,27H,3-5,12H2,1-2H3,(H,28,30). The van der Waals surface area contributed by atoms with Crippen molar-refractivity contribution in [3.05, 3.63) is 65.1 Å². The van der Waals surface area contributed by atoms with Crippen LogP contribution in [0.15, 0.2) is 42.6 Å². The van der Waals surface area contributed by atoms with E-state index in [4.69, 9.17) is 4.98 Å². The predicted octanol–water partition coefficient (Wildman–Crippen LogP) is 4.74. The minimum absolute atomic E-state index is 0.482. The van der Waals surface area contributed by atoms with E-state index in [1.165, 1.54) is 29.4 Å². The van der Waals surface area contributed by atoms with Crippen molar-refractivity contribution < 1.29 is 8.78 Å². The van der Waals surface area contributed by atoms with Gasteiger partial charge in [-0.1, -0.05) is 37.3 Å². The zero-order chi connectivity index (χ0) is 22.2. The third-order valence-electron chi connectivity index (χ3n) is 6.15. The Balaban J connectivity index is 1.42. The molecule has 2 heterocycles. The quantitative estimate of drug-likeness (QED) is 0.418. The molecule has 1 aliphatic rings. The zero-order valence-corrected chi connectivity index (χ0v) is 18.1. The van der Waals surface area contributed by atoms with Crippen molar-refractivity contribution in [2.75, 3.05) is 6.54 Å². The second kappa shape index (κ2) is 8.43. The fourth-order valence-corrected chi connectivity index (χ4v) is 4.37. The van der Waals surface area contributed by atoms with Gasteiger partial charge in [-0.05, 0) is 48.1 Å². The van der Waals surface area contributed by atoms with Crippen LogP contribution >= 0.6 is 0 Å². The summed E-state index contributed by atoms with van der Waals surface area (Å²) in [4.78, 5) is 4.77. The first kappa shape index (κ1) is 20.8. The summed E-state index contributed by atoms with van der Waals surface area (Å²) in [7, 11) is 1.89. The van der Waals surface area contributed by atoms with Crippen molar-refractivity contribution in [3.63, 3.8) is 0 Å². The van der Waals surface area contributed by atoms with Crippen LogP contribution in [0, 0.1) is 0 Å². The van der Waals surface area contributed by atoms with Crippen LogP contribution in [0.2, 0.25) is 0 Å². The molecule has 0 aliphatic heterocycles. The van der Waals surface area contributed by atoms with Crippen molar-refractivity contribution in [2.45, 2.75) is 44.6 Å². The molecule has 5 rings (SSSR count). The maximum absolute atomic E-state index is 13.3. The maximum atomic E-state index is 13.3. The minimum atomic E-state index is -2.46. The number of nitrogens with one attached hydrogen (secondary N) is 2. The molecule has 0 spiro atoms. The fraction of sp³-hybridized carbons (Fsp3) is 0.375. The minimum Gasteiger partial charge on any atom is -0.306 e. The molecule has 0 amide bonds. The van der Waals surface area contributed by atoms with Gasteiger partial charge in [0.2, 0.25) is 0 Å². The molecule has 2 N–H and O–H groups in total. The number of fused-ring (bicyclic) bond motifs is 1. The summed E-state index contributed by atoms with van der Waals surface area (Å²) >= 11 is 0. The lowest BCUT2D eigenvalue weighted by Gasteiger charge is -2.17. The average molecular weight is 437 g/mol. The Bertz CT molecular complexity index is 1220. The Hall–Kier alpha value is -3.13. The second-order valence-corrected chi connectivity index (χ2v) is 8.39. The molecule has 6 nitrogen and oxygen atoms in total. The molecule has 8 heteroatoms. The highest BCUT2D eigenvalue weighted by atomic mass is 19.3. The van der Waals surface area contributed by atoms with Gasteiger partial charge in [-0.2, -0.15) is 10.2 Å². The smallest absolute Gasteiger partial charge is 0.257 e. The van der Waals surface area contributed by atoms with E-state index in [2.05, 4.69) is 32.7 Å². The van der Waals surface area contributed by atoms with E-state index in [1.54, 1.807) is 16.8 Å². The van der Waals surface area contributed by atoms with Crippen LogP contribution < -0.4 is 5.32 Å². The second-order valence-electron chi connectivity index (χ2n) is 8.39. The predicted molar refractivity (Wildman–Crippen MR) is 120 cm³/mol. The van der Waals surface area contributed by atoms with Gasteiger partial charge in [0.05, 0.1) is 17.8 Å². The van der Waals surface area contributed by atoms with Gasteiger partial charge in [0.25, 0.3) is 6.43 Å². The van der Waals surface area contributed by atoms with Gasteiger partial charge in [0.1, 0.15) is 5.82 Å². The van der Waals surface area contributed by atoms with Gasteiger partial charge in [-0.3, -0.25) is 9.78 Å². The zero-order valence-electron chi connectivity index (χ0n) is 18.1. The van der Waals surface area contributed by atoms with Crippen LogP contribution in [0.5, 0.6) is 0 Å². The van der Waals surface area contributed by atoms with Crippen LogP contribution in [0.3, 0.4) is 0 Å². The summed E-state index contributed by atoms with van der Waals surface area (Å²) in [6.45, 7) is 2.30. The molecule has 1 aliphatic carbocycles. The molecular formula is C24H26F2N6. The number of H-pyrrole nitrogens is 1. The Labute approximate surface area is 185 Å². The number of hydrogen-bond donors (Lipinski definition) is 2.